The van der Waals surface area contributed by atoms with Crippen LogP contribution in [0.4, 0.5) is 18.9 Å². The summed E-state index contributed by atoms with van der Waals surface area (Å²) in [6.07, 6.45) is 0.886. The predicted octanol–water partition coefficient (Wildman–Crippen LogP) is 5.57. The normalized spacial score (nSPS) is 14.8. The lowest BCUT2D eigenvalue weighted by molar-refractivity contribution is -0.140. The zero-order valence-electron chi connectivity index (χ0n) is 25.3. The molecule has 1 aliphatic carbocycles. The molecule has 0 heterocycles. The van der Waals surface area contributed by atoms with Crippen molar-refractivity contribution >= 4 is 27.5 Å². The number of sulfonamides is 1. The first-order chi connectivity index (χ1) is 21.3. The van der Waals surface area contributed by atoms with Gasteiger partial charge in [0.25, 0.3) is 0 Å². The number of carbonyl (C=O) groups is 2. The number of carbonyl (C=O) groups excluding carboxylic acids is 2. The van der Waals surface area contributed by atoms with Crippen LogP contribution in [0.5, 0.6) is 5.75 Å². The highest BCUT2D eigenvalue weighted by atomic mass is 32.2. The Kier molecular flexibility index (Phi) is 11.1. The van der Waals surface area contributed by atoms with Gasteiger partial charge in [-0.05, 0) is 54.3 Å². The van der Waals surface area contributed by atoms with Crippen LogP contribution in [0, 0.1) is 0 Å². The van der Waals surface area contributed by atoms with Gasteiger partial charge in [0, 0.05) is 19.0 Å². The fourth-order valence-electron chi connectivity index (χ4n) is 5.52. The van der Waals surface area contributed by atoms with Gasteiger partial charge >= 0.3 is 6.18 Å². The maximum Gasteiger partial charge on any atom is 0.416 e. The number of nitrogens with zero attached hydrogens (tertiary/aromatic N) is 2. The molecule has 242 valence electrons. The molecule has 0 saturated heterocycles. The predicted molar refractivity (Wildman–Crippen MR) is 166 cm³/mol. The van der Waals surface area contributed by atoms with E-state index in [-0.39, 0.29) is 30.6 Å². The van der Waals surface area contributed by atoms with Crippen LogP contribution in [0.25, 0.3) is 0 Å². The van der Waals surface area contributed by atoms with Gasteiger partial charge in [-0.2, -0.15) is 13.2 Å². The SMILES string of the molecule is COc1cccc(CN(C(=O)CN(c2cccc(C(F)(F)F)c2)S(C)(=O)=O)[C@H](Cc2ccccc2)C(=O)NC2CCCCC2)c1. The van der Waals surface area contributed by atoms with Crippen LogP contribution in [0.2, 0.25) is 0 Å². The molecule has 4 rings (SSSR count). The van der Waals surface area contributed by atoms with Crippen molar-refractivity contribution in [3.63, 3.8) is 0 Å². The average molecular weight is 646 g/mol. The third-order valence-electron chi connectivity index (χ3n) is 7.85. The van der Waals surface area contributed by atoms with E-state index in [4.69, 9.17) is 4.74 Å². The number of anilines is 1. The van der Waals surface area contributed by atoms with Gasteiger partial charge in [-0.15, -0.1) is 0 Å². The molecule has 1 N–H and O–H groups in total. The van der Waals surface area contributed by atoms with Crippen LogP contribution < -0.4 is 14.4 Å². The molecule has 0 bridgehead atoms. The average Bonchev–Trinajstić information content (AvgIpc) is 3.01. The fourth-order valence-corrected chi connectivity index (χ4v) is 6.36. The van der Waals surface area contributed by atoms with E-state index in [9.17, 15) is 31.2 Å². The van der Waals surface area contributed by atoms with E-state index in [0.717, 1.165) is 56.1 Å². The second kappa shape index (κ2) is 14.8. The maximum atomic E-state index is 14.2. The smallest absolute Gasteiger partial charge is 0.416 e. The number of ether oxygens (including phenoxy) is 1. The highest BCUT2D eigenvalue weighted by Crippen LogP contribution is 2.32. The Bertz CT molecular complexity index is 1560. The topological polar surface area (TPSA) is 96.0 Å². The van der Waals surface area contributed by atoms with E-state index in [2.05, 4.69) is 5.32 Å². The monoisotopic (exact) mass is 645 g/mol. The Morgan fingerprint density at radius 1 is 0.933 bits per heavy atom. The summed E-state index contributed by atoms with van der Waals surface area (Å²) < 4.78 is 72.4. The van der Waals surface area contributed by atoms with Crippen LogP contribution >= 0.6 is 0 Å². The van der Waals surface area contributed by atoms with Crippen molar-refractivity contribution in [2.45, 2.75) is 63.3 Å². The first-order valence-electron chi connectivity index (χ1n) is 14.8. The molecule has 0 radical (unpaired) electrons. The minimum absolute atomic E-state index is 0.0593. The molecule has 8 nitrogen and oxygen atoms in total. The third-order valence-corrected chi connectivity index (χ3v) is 8.99. The first-order valence-corrected chi connectivity index (χ1v) is 16.6. The second-order valence-corrected chi connectivity index (χ2v) is 13.1. The van der Waals surface area contributed by atoms with Crippen molar-refractivity contribution in [1.82, 2.24) is 10.2 Å². The molecule has 2 amide bonds. The fraction of sp³-hybridized carbons (Fsp3) is 0.394. The minimum atomic E-state index is -4.72. The van der Waals surface area contributed by atoms with E-state index in [1.54, 1.807) is 24.3 Å². The first kappa shape index (κ1) is 33.8. The Labute approximate surface area is 262 Å². The molecule has 1 saturated carbocycles. The number of halogens is 3. The number of alkyl halides is 3. The second-order valence-electron chi connectivity index (χ2n) is 11.2. The standard InChI is InChI=1S/C33H38F3N3O5S/c1-44-29-18-9-13-25(19-29)22-38(30(20-24-11-5-3-6-12-24)32(41)37-27-15-7-4-8-16-27)31(40)23-39(45(2,42)43)28-17-10-14-26(21-28)33(34,35)36/h3,5-6,9-14,17-19,21,27,30H,4,7-8,15-16,20,22-23H2,1-2H3,(H,37,41)/t30-/m1/s1. The molecular formula is C33H38F3N3O5S. The van der Waals surface area contributed by atoms with Crippen LogP contribution in [0.15, 0.2) is 78.9 Å². The van der Waals surface area contributed by atoms with Gasteiger partial charge in [-0.3, -0.25) is 13.9 Å². The number of amides is 2. The summed E-state index contributed by atoms with van der Waals surface area (Å²) in [5, 5.41) is 3.11. The molecule has 12 heteroatoms. The van der Waals surface area contributed by atoms with Crippen LogP contribution in [-0.2, 0) is 38.8 Å². The van der Waals surface area contributed by atoms with E-state index in [1.807, 2.05) is 30.3 Å². The number of hydrogen-bond acceptors (Lipinski definition) is 5. The highest BCUT2D eigenvalue weighted by Gasteiger charge is 2.35. The van der Waals surface area contributed by atoms with Crippen LogP contribution in [-0.4, -0.2) is 57.1 Å². The van der Waals surface area contributed by atoms with Gasteiger partial charge in [0.2, 0.25) is 21.8 Å². The molecule has 1 atom stereocenters. The number of methoxy groups -OCH3 is 1. The zero-order valence-corrected chi connectivity index (χ0v) is 26.1. The summed E-state index contributed by atoms with van der Waals surface area (Å²) >= 11 is 0. The zero-order chi connectivity index (χ0) is 32.6. The minimum Gasteiger partial charge on any atom is -0.497 e. The molecule has 0 aromatic heterocycles. The molecule has 1 aliphatic rings. The Balaban J connectivity index is 1.75. The van der Waals surface area contributed by atoms with E-state index >= 15 is 0 Å². The maximum absolute atomic E-state index is 14.2. The molecule has 1 fully saturated rings. The van der Waals surface area contributed by atoms with Crippen molar-refractivity contribution in [2.75, 3.05) is 24.2 Å². The number of nitrogens with one attached hydrogen (secondary N) is 1. The Morgan fingerprint density at radius 3 is 2.24 bits per heavy atom. The van der Waals surface area contributed by atoms with Gasteiger partial charge in [0.05, 0.1) is 24.6 Å². The summed E-state index contributed by atoms with van der Waals surface area (Å²) in [5.41, 5.74) is 0.0372. The highest BCUT2D eigenvalue weighted by molar-refractivity contribution is 7.92. The lowest BCUT2D eigenvalue weighted by atomic mass is 9.94. The molecule has 0 unspecified atom stereocenters. The van der Waals surface area contributed by atoms with Crippen molar-refractivity contribution in [3.8, 4) is 5.75 Å². The van der Waals surface area contributed by atoms with E-state index in [1.165, 1.54) is 18.1 Å². The van der Waals surface area contributed by atoms with E-state index in [0.29, 0.717) is 21.7 Å². The van der Waals surface area contributed by atoms with Crippen molar-refractivity contribution in [2.24, 2.45) is 0 Å². The Morgan fingerprint density at radius 2 is 1.60 bits per heavy atom. The Hall–Kier alpha value is -4.06. The lowest BCUT2D eigenvalue weighted by Gasteiger charge is -2.35. The molecule has 0 spiro atoms. The van der Waals surface area contributed by atoms with Crippen LogP contribution in [0.1, 0.15) is 48.8 Å². The summed E-state index contributed by atoms with van der Waals surface area (Å²) in [5.74, 6) is -0.611. The number of rotatable bonds is 12. The summed E-state index contributed by atoms with van der Waals surface area (Å²) in [6.45, 7) is -0.891. The number of hydrogen-bond donors (Lipinski definition) is 1. The molecular weight excluding hydrogens is 607 g/mol. The summed E-state index contributed by atoms with van der Waals surface area (Å²) in [7, 11) is -2.72. The van der Waals surface area contributed by atoms with Gasteiger partial charge in [0.15, 0.2) is 0 Å². The van der Waals surface area contributed by atoms with Crippen LogP contribution in [0.3, 0.4) is 0 Å². The van der Waals surface area contributed by atoms with Gasteiger partial charge < -0.3 is 15.0 Å². The van der Waals surface area contributed by atoms with E-state index < -0.39 is 40.3 Å². The summed E-state index contributed by atoms with van der Waals surface area (Å²) in [4.78, 5) is 29.5. The molecule has 45 heavy (non-hydrogen) atoms. The van der Waals surface area contributed by atoms with Gasteiger partial charge in [-0.1, -0.05) is 67.8 Å². The van der Waals surface area contributed by atoms with Gasteiger partial charge in [-0.25, -0.2) is 8.42 Å². The third kappa shape index (κ3) is 9.46. The van der Waals surface area contributed by atoms with Crippen molar-refractivity contribution in [1.29, 1.82) is 0 Å². The summed E-state index contributed by atoms with van der Waals surface area (Å²) in [6, 6.07) is 18.8. The van der Waals surface area contributed by atoms with Crippen molar-refractivity contribution < 1.29 is 35.9 Å². The largest absolute Gasteiger partial charge is 0.497 e. The van der Waals surface area contributed by atoms with Gasteiger partial charge in [0.1, 0.15) is 18.3 Å². The number of benzene rings is 3. The molecule has 0 aliphatic heterocycles. The quantitative estimate of drug-likeness (QED) is 0.278. The molecule has 3 aromatic carbocycles. The van der Waals surface area contributed by atoms with Crippen molar-refractivity contribution in [3.05, 3.63) is 95.6 Å². The lowest BCUT2D eigenvalue weighted by Crippen LogP contribution is -2.55. The molecule has 3 aromatic rings.